The van der Waals surface area contributed by atoms with Crippen LogP contribution in [0.5, 0.6) is 0 Å². The summed E-state index contributed by atoms with van der Waals surface area (Å²) in [6, 6.07) is 0.824. The van der Waals surface area contributed by atoms with Crippen LogP contribution in [0.15, 0.2) is 15.5 Å². The number of hydrogen-bond donors (Lipinski definition) is 1. The van der Waals surface area contributed by atoms with Crippen molar-refractivity contribution in [1.29, 1.82) is 0 Å². The topological polar surface area (TPSA) is 50.2 Å². The first kappa shape index (κ1) is 12.6. The lowest BCUT2D eigenvalue weighted by molar-refractivity contribution is 0.406. The quantitative estimate of drug-likeness (QED) is 0.831. The van der Waals surface area contributed by atoms with Gasteiger partial charge >= 0.3 is 0 Å². The maximum Gasteiger partial charge on any atom is 0.282 e. The van der Waals surface area contributed by atoms with Gasteiger partial charge < -0.3 is 10.2 Å². The second kappa shape index (κ2) is 4.78. The molecule has 1 saturated heterocycles. The van der Waals surface area contributed by atoms with Gasteiger partial charge in [-0.3, -0.25) is 4.79 Å². The number of aromatic nitrogens is 2. The van der Waals surface area contributed by atoms with Gasteiger partial charge in [0.2, 0.25) is 0 Å². The van der Waals surface area contributed by atoms with E-state index in [0.717, 1.165) is 18.8 Å². The van der Waals surface area contributed by atoms with Crippen molar-refractivity contribution in [2.24, 2.45) is 7.05 Å². The predicted molar refractivity (Wildman–Crippen MR) is 71.5 cm³/mol. The SMILES string of the molecule is CC1CN(c2cnn(C)c(=O)c2Br)CC(C)N1. The molecular formula is C11H17BrN4O. The molecule has 0 spiro atoms. The molecule has 1 aromatic heterocycles. The third-order valence-electron chi connectivity index (χ3n) is 2.96. The summed E-state index contributed by atoms with van der Waals surface area (Å²) in [5.74, 6) is 0. The summed E-state index contributed by atoms with van der Waals surface area (Å²) in [6.07, 6.45) is 1.75. The third-order valence-corrected chi connectivity index (χ3v) is 3.70. The highest BCUT2D eigenvalue weighted by Gasteiger charge is 2.23. The van der Waals surface area contributed by atoms with Crippen LogP contribution in [0.1, 0.15) is 13.8 Å². The van der Waals surface area contributed by atoms with Crippen molar-refractivity contribution in [3.63, 3.8) is 0 Å². The molecule has 0 saturated carbocycles. The molecule has 0 radical (unpaired) electrons. The standard InChI is InChI=1S/C11H17BrN4O/c1-7-5-16(6-8(2)14-7)9-4-13-15(3)11(17)10(9)12/h4,7-8,14H,5-6H2,1-3H3. The molecule has 0 amide bonds. The molecular weight excluding hydrogens is 284 g/mol. The smallest absolute Gasteiger partial charge is 0.282 e. The highest BCUT2D eigenvalue weighted by atomic mass is 79.9. The van der Waals surface area contributed by atoms with Crippen molar-refractivity contribution in [3.8, 4) is 0 Å². The molecule has 1 fully saturated rings. The van der Waals surface area contributed by atoms with Gasteiger partial charge in [-0.1, -0.05) is 0 Å². The number of nitrogens with one attached hydrogen (secondary N) is 1. The lowest BCUT2D eigenvalue weighted by Gasteiger charge is -2.37. The Labute approximate surface area is 109 Å². The largest absolute Gasteiger partial charge is 0.366 e. The van der Waals surface area contributed by atoms with E-state index in [2.05, 4.69) is 45.1 Å². The average Bonchev–Trinajstić information content (AvgIpc) is 2.24. The van der Waals surface area contributed by atoms with Crippen LogP contribution in [0.2, 0.25) is 0 Å². The van der Waals surface area contributed by atoms with E-state index in [-0.39, 0.29) is 5.56 Å². The average molecular weight is 301 g/mol. The third kappa shape index (κ3) is 2.52. The Kier molecular flexibility index (Phi) is 3.53. The van der Waals surface area contributed by atoms with E-state index in [0.29, 0.717) is 16.6 Å². The number of nitrogens with zero attached hydrogens (tertiary/aromatic N) is 3. The molecule has 1 aliphatic rings. The van der Waals surface area contributed by atoms with E-state index in [4.69, 9.17) is 0 Å². The van der Waals surface area contributed by atoms with Crippen LogP contribution in [-0.4, -0.2) is 35.0 Å². The summed E-state index contributed by atoms with van der Waals surface area (Å²) in [5.41, 5.74) is 0.787. The van der Waals surface area contributed by atoms with Crippen LogP contribution >= 0.6 is 15.9 Å². The molecule has 5 nitrogen and oxygen atoms in total. The number of piperazine rings is 1. The van der Waals surface area contributed by atoms with Gasteiger partial charge in [-0.15, -0.1) is 0 Å². The van der Waals surface area contributed by atoms with Gasteiger partial charge in [0.1, 0.15) is 4.47 Å². The van der Waals surface area contributed by atoms with E-state index in [9.17, 15) is 4.79 Å². The molecule has 17 heavy (non-hydrogen) atoms. The van der Waals surface area contributed by atoms with E-state index < -0.39 is 0 Å². The van der Waals surface area contributed by atoms with Gasteiger partial charge in [0.25, 0.3) is 5.56 Å². The van der Waals surface area contributed by atoms with Gasteiger partial charge in [-0.05, 0) is 29.8 Å². The number of hydrogen-bond acceptors (Lipinski definition) is 4. The van der Waals surface area contributed by atoms with Crippen molar-refractivity contribution >= 4 is 21.6 Å². The maximum atomic E-state index is 11.8. The summed E-state index contributed by atoms with van der Waals surface area (Å²) in [7, 11) is 1.65. The summed E-state index contributed by atoms with van der Waals surface area (Å²) in [6.45, 7) is 6.06. The zero-order valence-electron chi connectivity index (χ0n) is 10.3. The molecule has 2 unspecified atom stereocenters. The minimum atomic E-state index is -0.0960. The number of rotatable bonds is 1. The zero-order valence-corrected chi connectivity index (χ0v) is 11.9. The van der Waals surface area contributed by atoms with E-state index in [1.165, 1.54) is 4.68 Å². The Hall–Kier alpha value is -0.880. The Morgan fingerprint density at radius 1 is 1.41 bits per heavy atom. The highest BCUT2D eigenvalue weighted by Crippen LogP contribution is 2.23. The second-order valence-electron chi connectivity index (χ2n) is 4.65. The van der Waals surface area contributed by atoms with Crippen LogP contribution in [-0.2, 0) is 7.05 Å². The zero-order chi connectivity index (χ0) is 12.6. The summed E-state index contributed by atoms with van der Waals surface area (Å²) >= 11 is 3.37. The lowest BCUT2D eigenvalue weighted by atomic mass is 10.1. The normalized spacial score (nSPS) is 25.1. The van der Waals surface area contributed by atoms with Crippen molar-refractivity contribution in [1.82, 2.24) is 15.1 Å². The highest BCUT2D eigenvalue weighted by molar-refractivity contribution is 9.10. The fourth-order valence-electron chi connectivity index (χ4n) is 2.25. The fraction of sp³-hybridized carbons (Fsp3) is 0.636. The molecule has 2 heterocycles. The molecule has 0 aliphatic carbocycles. The minimum absolute atomic E-state index is 0.0960. The number of aryl methyl sites for hydroxylation is 1. The van der Waals surface area contributed by atoms with E-state index in [1.54, 1.807) is 13.2 Å². The van der Waals surface area contributed by atoms with Crippen molar-refractivity contribution in [2.75, 3.05) is 18.0 Å². The van der Waals surface area contributed by atoms with Crippen LogP contribution in [0.4, 0.5) is 5.69 Å². The second-order valence-corrected chi connectivity index (χ2v) is 5.44. The Bertz CT molecular complexity index is 463. The predicted octanol–water partition coefficient (Wildman–Crippen LogP) is 0.729. The molecule has 6 heteroatoms. The van der Waals surface area contributed by atoms with Gasteiger partial charge in [-0.25, -0.2) is 4.68 Å². The molecule has 94 valence electrons. The Morgan fingerprint density at radius 3 is 2.59 bits per heavy atom. The fourth-order valence-corrected chi connectivity index (χ4v) is 2.86. The molecule has 2 atom stereocenters. The summed E-state index contributed by atoms with van der Waals surface area (Å²) in [4.78, 5) is 14.0. The molecule has 1 aliphatic heterocycles. The molecule has 1 aromatic rings. The first-order valence-corrected chi connectivity index (χ1v) is 6.51. The van der Waals surface area contributed by atoms with E-state index in [1.807, 2.05) is 0 Å². The molecule has 2 rings (SSSR count). The van der Waals surface area contributed by atoms with Crippen molar-refractivity contribution < 1.29 is 0 Å². The molecule has 1 N–H and O–H groups in total. The summed E-state index contributed by atoms with van der Waals surface area (Å²) in [5, 5.41) is 7.54. The lowest BCUT2D eigenvalue weighted by Crippen LogP contribution is -2.54. The number of halogens is 1. The minimum Gasteiger partial charge on any atom is -0.366 e. The van der Waals surface area contributed by atoms with Crippen LogP contribution < -0.4 is 15.8 Å². The molecule has 0 bridgehead atoms. The van der Waals surface area contributed by atoms with Gasteiger partial charge in [0.15, 0.2) is 0 Å². The van der Waals surface area contributed by atoms with Crippen LogP contribution in [0.25, 0.3) is 0 Å². The summed E-state index contributed by atoms with van der Waals surface area (Å²) < 4.78 is 1.93. The Morgan fingerprint density at radius 2 is 2.00 bits per heavy atom. The van der Waals surface area contributed by atoms with Crippen LogP contribution in [0.3, 0.4) is 0 Å². The monoisotopic (exact) mass is 300 g/mol. The maximum absolute atomic E-state index is 11.8. The Balaban J connectivity index is 2.34. The van der Waals surface area contributed by atoms with Crippen molar-refractivity contribution in [2.45, 2.75) is 25.9 Å². The van der Waals surface area contributed by atoms with Gasteiger partial charge in [0, 0.05) is 32.2 Å². The number of anilines is 1. The molecule has 0 aromatic carbocycles. The van der Waals surface area contributed by atoms with Gasteiger partial charge in [-0.2, -0.15) is 5.10 Å². The van der Waals surface area contributed by atoms with E-state index >= 15 is 0 Å². The van der Waals surface area contributed by atoms with Crippen LogP contribution in [0, 0.1) is 0 Å². The van der Waals surface area contributed by atoms with Crippen molar-refractivity contribution in [3.05, 3.63) is 21.0 Å². The first-order valence-electron chi connectivity index (χ1n) is 5.72. The van der Waals surface area contributed by atoms with Gasteiger partial charge in [0.05, 0.1) is 11.9 Å². The first-order chi connectivity index (χ1) is 7.99.